The average molecular weight is 222 g/mol. The molecule has 16 heavy (non-hydrogen) atoms. The van der Waals surface area contributed by atoms with E-state index in [2.05, 4.69) is 10.5 Å². The summed E-state index contributed by atoms with van der Waals surface area (Å²) in [6.07, 6.45) is 5.29. The first-order chi connectivity index (χ1) is 7.68. The molecule has 1 aliphatic carbocycles. The second kappa shape index (κ2) is 4.68. The van der Waals surface area contributed by atoms with Crippen molar-refractivity contribution in [1.82, 2.24) is 10.5 Å². The molecular weight excluding hydrogens is 204 g/mol. The zero-order chi connectivity index (χ0) is 11.5. The van der Waals surface area contributed by atoms with Gasteiger partial charge in [0, 0.05) is 18.0 Å². The van der Waals surface area contributed by atoms with Crippen molar-refractivity contribution in [3.05, 3.63) is 17.0 Å². The third-order valence-electron chi connectivity index (χ3n) is 2.84. The lowest BCUT2D eigenvalue weighted by Gasteiger charge is -2.06. The minimum atomic E-state index is -0.109. The van der Waals surface area contributed by atoms with Crippen molar-refractivity contribution in [2.24, 2.45) is 0 Å². The summed E-state index contributed by atoms with van der Waals surface area (Å²) >= 11 is 0. The summed E-state index contributed by atoms with van der Waals surface area (Å²) in [6.45, 7) is 3.88. The molecule has 1 amide bonds. The highest BCUT2D eigenvalue weighted by Gasteiger charge is 2.23. The Hall–Kier alpha value is -1.32. The van der Waals surface area contributed by atoms with Crippen molar-refractivity contribution < 1.29 is 9.32 Å². The number of aryl methyl sites for hydroxylation is 1. The van der Waals surface area contributed by atoms with E-state index in [4.69, 9.17) is 4.52 Å². The van der Waals surface area contributed by atoms with E-state index in [0.29, 0.717) is 5.69 Å². The highest BCUT2D eigenvalue weighted by atomic mass is 16.5. The number of carbonyl (C=O) groups is 1. The molecule has 88 valence electrons. The summed E-state index contributed by atoms with van der Waals surface area (Å²) in [7, 11) is 0. The second-order valence-corrected chi connectivity index (χ2v) is 4.62. The summed E-state index contributed by atoms with van der Waals surface area (Å²) in [4.78, 5) is 11.9. The van der Waals surface area contributed by atoms with E-state index in [0.717, 1.165) is 37.0 Å². The number of nitrogens with zero attached hydrogens (tertiary/aromatic N) is 1. The quantitative estimate of drug-likeness (QED) is 0.779. The molecule has 1 aromatic heterocycles. The monoisotopic (exact) mass is 222 g/mol. The molecule has 2 rings (SSSR count). The van der Waals surface area contributed by atoms with Crippen molar-refractivity contribution in [3.63, 3.8) is 0 Å². The molecule has 0 bridgehead atoms. The SMILES string of the molecule is CC(C)NC(=O)c1noc2c1CCCCC2. The molecule has 0 spiro atoms. The maximum Gasteiger partial charge on any atom is 0.273 e. The molecular formula is C12H18N2O2. The fourth-order valence-corrected chi connectivity index (χ4v) is 2.07. The number of fused-ring (bicyclic) bond motifs is 1. The van der Waals surface area contributed by atoms with E-state index in [1.807, 2.05) is 13.8 Å². The topological polar surface area (TPSA) is 55.1 Å². The van der Waals surface area contributed by atoms with Crippen LogP contribution in [-0.4, -0.2) is 17.1 Å². The predicted molar refractivity (Wildman–Crippen MR) is 60.4 cm³/mol. The Morgan fingerprint density at radius 3 is 2.81 bits per heavy atom. The Morgan fingerprint density at radius 2 is 2.06 bits per heavy atom. The molecule has 0 saturated carbocycles. The summed E-state index contributed by atoms with van der Waals surface area (Å²) in [5.74, 6) is 0.799. The van der Waals surface area contributed by atoms with Gasteiger partial charge >= 0.3 is 0 Å². The van der Waals surface area contributed by atoms with Gasteiger partial charge in [0.2, 0.25) is 0 Å². The Balaban J connectivity index is 2.21. The van der Waals surface area contributed by atoms with Crippen LogP contribution in [0.3, 0.4) is 0 Å². The van der Waals surface area contributed by atoms with E-state index in [-0.39, 0.29) is 11.9 Å². The van der Waals surface area contributed by atoms with Gasteiger partial charge in [-0.15, -0.1) is 0 Å². The van der Waals surface area contributed by atoms with E-state index in [1.54, 1.807) is 0 Å². The first-order valence-electron chi connectivity index (χ1n) is 5.96. The number of hydrogen-bond acceptors (Lipinski definition) is 3. The van der Waals surface area contributed by atoms with Gasteiger partial charge in [-0.1, -0.05) is 11.6 Å². The van der Waals surface area contributed by atoms with Crippen LogP contribution in [0.25, 0.3) is 0 Å². The Labute approximate surface area is 95.4 Å². The van der Waals surface area contributed by atoms with Crippen LogP contribution in [0.15, 0.2) is 4.52 Å². The lowest BCUT2D eigenvalue weighted by Crippen LogP contribution is -2.31. The second-order valence-electron chi connectivity index (χ2n) is 4.62. The highest BCUT2D eigenvalue weighted by Crippen LogP contribution is 2.23. The molecule has 0 unspecified atom stereocenters. The van der Waals surface area contributed by atoms with Crippen LogP contribution < -0.4 is 5.32 Å². The lowest BCUT2D eigenvalue weighted by molar-refractivity contribution is 0.0933. The first kappa shape index (κ1) is 11.2. The van der Waals surface area contributed by atoms with Crippen molar-refractivity contribution >= 4 is 5.91 Å². The van der Waals surface area contributed by atoms with Gasteiger partial charge in [0.15, 0.2) is 5.69 Å². The summed E-state index contributed by atoms with van der Waals surface area (Å²) in [6, 6.07) is 0.130. The normalized spacial score (nSPS) is 15.7. The summed E-state index contributed by atoms with van der Waals surface area (Å²) < 4.78 is 5.26. The standard InChI is InChI=1S/C12H18N2O2/c1-8(2)13-12(15)11-9-6-4-3-5-7-10(9)16-14-11/h8H,3-7H2,1-2H3,(H,13,15). The third-order valence-corrected chi connectivity index (χ3v) is 2.84. The van der Waals surface area contributed by atoms with Gasteiger partial charge in [-0.25, -0.2) is 0 Å². The van der Waals surface area contributed by atoms with Crippen molar-refractivity contribution in [1.29, 1.82) is 0 Å². The van der Waals surface area contributed by atoms with Gasteiger partial charge in [0.05, 0.1) is 0 Å². The van der Waals surface area contributed by atoms with Crippen LogP contribution in [0, 0.1) is 0 Å². The van der Waals surface area contributed by atoms with E-state index in [1.165, 1.54) is 6.42 Å². The van der Waals surface area contributed by atoms with Crippen LogP contribution in [0.1, 0.15) is 54.9 Å². The van der Waals surface area contributed by atoms with Crippen molar-refractivity contribution in [2.45, 2.75) is 52.0 Å². The molecule has 1 aromatic rings. The summed E-state index contributed by atoms with van der Waals surface area (Å²) in [5, 5.41) is 6.76. The molecule has 0 fully saturated rings. The van der Waals surface area contributed by atoms with Gasteiger partial charge in [0.25, 0.3) is 5.91 Å². The fraction of sp³-hybridized carbons (Fsp3) is 0.667. The smallest absolute Gasteiger partial charge is 0.273 e. The van der Waals surface area contributed by atoms with E-state index in [9.17, 15) is 4.79 Å². The largest absolute Gasteiger partial charge is 0.360 e. The van der Waals surface area contributed by atoms with E-state index < -0.39 is 0 Å². The molecule has 4 nitrogen and oxygen atoms in total. The van der Waals surface area contributed by atoms with Crippen LogP contribution in [0.4, 0.5) is 0 Å². The fourth-order valence-electron chi connectivity index (χ4n) is 2.07. The van der Waals surface area contributed by atoms with Crippen LogP contribution in [0.5, 0.6) is 0 Å². The van der Waals surface area contributed by atoms with Crippen LogP contribution in [0.2, 0.25) is 0 Å². The first-order valence-corrected chi connectivity index (χ1v) is 5.96. The minimum absolute atomic E-state index is 0.109. The molecule has 1 heterocycles. The number of amides is 1. The molecule has 1 N–H and O–H groups in total. The molecule has 1 aliphatic rings. The highest BCUT2D eigenvalue weighted by molar-refractivity contribution is 5.93. The average Bonchev–Trinajstić information content (AvgIpc) is 2.47. The zero-order valence-electron chi connectivity index (χ0n) is 9.88. The van der Waals surface area contributed by atoms with Gasteiger partial charge in [-0.3, -0.25) is 4.79 Å². The maximum atomic E-state index is 11.9. The van der Waals surface area contributed by atoms with Crippen molar-refractivity contribution in [3.8, 4) is 0 Å². The maximum absolute atomic E-state index is 11.9. The number of hydrogen-bond donors (Lipinski definition) is 1. The molecule has 0 aromatic carbocycles. The Kier molecular flexibility index (Phi) is 3.27. The van der Waals surface area contributed by atoms with Crippen molar-refractivity contribution in [2.75, 3.05) is 0 Å². The Bertz CT molecular complexity index is 382. The predicted octanol–water partition coefficient (Wildman–Crippen LogP) is 2.08. The molecule has 0 radical (unpaired) electrons. The summed E-state index contributed by atoms with van der Waals surface area (Å²) in [5.41, 5.74) is 1.52. The molecule has 0 atom stereocenters. The zero-order valence-corrected chi connectivity index (χ0v) is 9.88. The molecule has 0 saturated heterocycles. The van der Waals surface area contributed by atoms with Gasteiger partial charge in [0.1, 0.15) is 5.76 Å². The van der Waals surface area contributed by atoms with Crippen LogP contribution in [-0.2, 0) is 12.8 Å². The number of rotatable bonds is 2. The Morgan fingerprint density at radius 1 is 1.31 bits per heavy atom. The molecule has 0 aliphatic heterocycles. The number of carbonyl (C=O) groups excluding carboxylic acids is 1. The van der Waals surface area contributed by atoms with Gasteiger partial charge < -0.3 is 9.84 Å². The minimum Gasteiger partial charge on any atom is -0.360 e. The van der Waals surface area contributed by atoms with Gasteiger partial charge in [-0.2, -0.15) is 0 Å². The van der Waals surface area contributed by atoms with Gasteiger partial charge in [-0.05, 0) is 33.1 Å². The van der Waals surface area contributed by atoms with Crippen LogP contribution >= 0.6 is 0 Å². The number of nitrogens with one attached hydrogen (secondary N) is 1. The molecule has 4 heteroatoms. The number of aromatic nitrogens is 1. The third kappa shape index (κ3) is 2.26. The van der Waals surface area contributed by atoms with E-state index >= 15 is 0 Å². The lowest BCUT2D eigenvalue weighted by atomic mass is 10.1.